The van der Waals surface area contributed by atoms with Gasteiger partial charge in [0.15, 0.2) is 0 Å². The average Bonchev–Trinajstić information content (AvgIpc) is 2.62. The Balaban J connectivity index is 2.79. The molecule has 0 spiro atoms. The van der Waals surface area contributed by atoms with Crippen molar-refractivity contribution in [2.75, 3.05) is 39.5 Å². The van der Waals surface area contributed by atoms with Crippen LogP contribution in [0.4, 0.5) is 0 Å². The Morgan fingerprint density at radius 2 is 1.97 bits per heavy atom. The molecule has 0 aromatic carbocycles. The molecular weight excluding hydrogens is 390 g/mol. The summed E-state index contributed by atoms with van der Waals surface area (Å²) in [6.45, 7) is 12.6. The van der Waals surface area contributed by atoms with Crippen LogP contribution in [0.1, 0.15) is 41.5 Å². The molecule has 1 aliphatic rings. The minimum absolute atomic E-state index is 0.0735. The van der Waals surface area contributed by atoms with E-state index in [9.17, 15) is 14.4 Å². The first-order chi connectivity index (χ1) is 13.4. The summed E-state index contributed by atoms with van der Waals surface area (Å²) in [6, 6.07) is -0.556. The van der Waals surface area contributed by atoms with Crippen LogP contribution in [-0.4, -0.2) is 84.0 Å². The highest BCUT2D eigenvalue weighted by Gasteiger charge is 2.41. The molecule has 1 fully saturated rings. The Hall–Kier alpha value is -1.54. The number of amides is 2. The van der Waals surface area contributed by atoms with Gasteiger partial charge in [-0.05, 0) is 40.7 Å². The number of carbonyl (C=O) groups excluding carboxylic acids is 3. The molecule has 1 unspecified atom stereocenters. The molecule has 0 aromatic rings. The summed E-state index contributed by atoms with van der Waals surface area (Å²) in [4.78, 5) is 41.1. The summed E-state index contributed by atoms with van der Waals surface area (Å²) in [6.07, 6.45) is 1.76. The molecule has 0 aromatic heterocycles. The van der Waals surface area contributed by atoms with Gasteiger partial charge in [0.1, 0.15) is 6.04 Å². The van der Waals surface area contributed by atoms with Crippen molar-refractivity contribution in [2.24, 2.45) is 5.92 Å². The molecule has 1 heterocycles. The lowest BCUT2D eigenvalue weighted by Gasteiger charge is -2.43. The number of carbonyl (C=O) groups is 3. The summed E-state index contributed by atoms with van der Waals surface area (Å²) in [5.74, 6) is 0.368. The highest BCUT2D eigenvalue weighted by Crippen LogP contribution is 2.34. The molecule has 29 heavy (non-hydrogen) atoms. The predicted octanol–water partition coefficient (Wildman–Crippen LogP) is 1.92. The second kappa shape index (κ2) is 11.0. The van der Waals surface area contributed by atoms with E-state index in [-0.39, 0.29) is 47.1 Å². The predicted molar refractivity (Wildman–Crippen MR) is 118 cm³/mol. The van der Waals surface area contributed by atoms with Gasteiger partial charge < -0.3 is 15.0 Å². The highest BCUT2D eigenvalue weighted by molar-refractivity contribution is 8.00. The zero-order chi connectivity index (χ0) is 22.4. The molecule has 1 aliphatic heterocycles. The number of thioether (sulfide) groups is 1. The molecule has 0 bridgehead atoms. The van der Waals surface area contributed by atoms with E-state index in [1.807, 2.05) is 25.8 Å². The van der Waals surface area contributed by atoms with Gasteiger partial charge in [-0.25, -0.2) is 4.79 Å². The zero-order valence-electron chi connectivity index (χ0n) is 19.1. The molecule has 0 saturated carbocycles. The van der Waals surface area contributed by atoms with Crippen LogP contribution in [0.5, 0.6) is 0 Å². The fourth-order valence-corrected chi connectivity index (χ4v) is 4.93. The smallest absolute Gasteiger partial charge is 0.333 e. The average molecular weight is 428 g/mol. The second-order valence-corrected chi connectivity index (χ2v) is 10.1. The van der Waals surface area contributed by atoms with Gasteiger partial charge in [0.05, 0.1) is 19.2 Å². The van der Waals surface area contributed by atoms with Crippen LogP contribution in [0.25, 0.3) is 0 Å². The minimum Gasteiger partial charge on any atom is -0.463 e. The maximum Gasteiger partial charge on any atom is 0.333 e. The van der Waals surface area contributed by atoms with E-state index in [1.54, 1.807) is 43.6 Å². The van der Waals surface area contributed by atoms with Crippen molar-refractivity contribution in [3.63, 3.8) is 0 Å². The fourth-order valence-electron chi connectivity index (χ4n) is 3.58. The van der Waals surface area contributed by atoms with Gasteiger partial charge in [-0.2, -0.15) is 11.8 Å². The number of hydrogen-bond acceptors (Lipinski definition) is 6. The molecule has 1 rings (SSSR count). The summed E-state index contributed by atoms with van der Waals surface area (Å²) >= 11 is 1.77. The largest absolute Gasteiger partial charge is 0.463 e. The van der Waals surface area contributed by atoms with Crippen molar-refractivity contribution in [3.05, 3.63) is 11.6 Å². The first-order valence-electron chi connectivity index (χ1n) is 10.2. The Morgan fingerprint density at radius 3 is 2.48 bits per heavy atom. The Morgan fingerprint density at radius 1 is 1.34 bits per heavy atom. The van der Waals surface area contributed by atoms with Crippen molar-refractivity contribution in [1.82, 2.24) is 15.1 Å². The number of likely N-dealkylation sites (N-methyl/N-ethyl adjacent to an activating group) is 2. The van der Waals surface area contributed by atoms with Crippen molar-refractivity contribution in [2.45, 2.75) is 58.4 Å². The Kier molecular flexibility index (Phi) is 9.68. The number of nitrogens with zero attached hydrogens (tertiary/aromatic N) is 2. The summed E-state index contributed by atoms with van der Waals surface area (Å²) in [5, 5.41) is 2.81. The summed E-state index contributed by atoms with van der Waals surface area (Å²) in [5.41, 5.74) is 0.469. The van der Waals surface area contributed by atoms with Crippen LogP contribution in [0.15, 0.2) is 11.6 Å². The number of nitrogens with one attached hydrogen (secondary N) is 1. The van der Waals surface area contributed by atoms with Crippen LogP contribution >= 0.6 is 11.8 Å². The van der Waals surface area contributed by atoms with Crippen LogP contribution in [0, 0.1) is 5.92 Å². The topological polar surface area (TPSA) is 79.0 Å². The first kappa shape index (κ1) is 25.5. The van der Waals surface area contributed by atoms with Crippen LogP contribution in [0.3, 0.4) is 0 Å². The molecule has 1 saturated heterocycles. The Labute approximate surface area is 179 Å². The molecule has 8 heteroatoms. The van der Waals surface area contributed by atoms with E-state index in [0.717, 1.165) is 12.3 Å². The van der Waals surface area contributed by atoms with E-state index >= 15 is 0 Å². The quantitative estimate of drug-likeness (QED) is 0.471. The fraction of sp³-hybridized carbons (Fsp3) is 0.762. The molecular formula is C21H37N3O4S. The number of hydrogen-bond donors (Lipinski definition) is 1. The van der Waals surface area contributed by atoms with E-state index in [2.05, 4.69) is 19.2 Å². The summed E-state index contributed by atoms with van der Waals surface area (Å²) in [7, 11) is 3.64. The lowest BCUT2D eigenvalue weighted by Crippen LogP contribution is -2.59. The second-order valence-electron chi connectivity index (χ2n) is 8.36. The van der Waals surface area contributed by atoms with Gasteiger partial charge in [-0.3, -0.25) is 14.5 Å². The third-order valence-electron chi connectivity index (χ3n) is 5.22. The van der Waals surface area contributed by atoms with Gasteiger partial charge >= 0.3 is 5.97 Å². The van der Waals surface area contributed by atoms with Gasteiger partial charge in [0.25, 0.3) is 0 Å². The van der Waals surface area contributed by atoms with E-state index in [0.29, 0.717) is 12.2 Å². The maximum atomic E-state index is 12.8. The molecule has 2 atom stereocenters. The SMILES string of the molecule is CCOC(=O)/C(C)=C/[C@H](C(C)C)N(C)C(=O)CNC(=O)C1N(C)CCSC1(C)C. The molecule has 166 valence electrons. The lowest BCUT2D eigenvalue weighted by atomic mass is 9.99. The summed E-state index contributed by atoms with van der Waals surface area (Å²) < 4.78 is 4.81. The first-order valence-corrected chi connectivity index (χ1v) is 11.1. The molecule has 1 N–H and O–H groups in total. The third-order valence-corrected chi connectivity index (χ3v) is 6.58. The van der Waals surface area contributed by atoms with Gasteiger partial charge in [0.2, 0.25) is 11.8 Å². The van der Waals surface area contributed by atoms with Crippen molar-refractivity contribution < 1.29 is 19.1 Å². The van der Waals surface area contributed by atoms with E-state index in [1.165, 1.54) is 0 Å². The lowest BCUT2D eigenvalue weighted by molar-refractivity contribution is -0.138. The van der Waals surface area contributed by atoms with Gasteiger partial charge in [-0.1, -0.05) is 19.9 Å². The molecule has 2 amide bonds. The maximum absolute atomic E-state index is 12.8. The van der Waals surface area contributed by atoms with Crippen LogP contribution in [-0.2, 0) is 19.1 Å². The number of rotatable bonds is 8. The van der Waals surface area contributed by atoms with Gasteiger partial charge in [0, 0.05) is 29.7 Å². The Bertz CT molecular complexity index is 633. The van der Waals surface area contributed by atoms with Gasteiger partial charge in [-0.15, -0.1) is 0 Å². The molecule has 0 aliphatic carbocycles. The normalized spacial score (nSPS) is 20.9. The number of esters is 1. The van der Waals surface area contributed by atoms with Crippen molar-refractivity contribution in [3.8, 4) is 0 Å². The minimum atomic E-state index is -0.382. The standard InChI is InChI=1S/C21H37N3O4S/c1-9-28-20(27)15(4)12-16(14(2)3)24(8)17(25)13-22-19(26)18-21(5,6)29-11-10-23(18)7/h12,14,16,18H,9-11,13H2,1-8H3,(H,22,26)/b15-12+/t16-,18?/m1/s1. The van der Waals surface area contributed by atoms with Crippen LogP contribution < -0.4 is 5.32 Å². The zero-order valence-corrected chi connectivity index (χ0v) is 19.9. The highest BCUT2D eigenvalue weighted by atomic mass is 32.2. The van der Waals surface area contributed by atoms with E-state index < -0.39 is 0 Å². The van der Waals surface area contributed by atoms with E-state index in [4.69, 9.17) is 4.74 Å². The third kappa shape index (κ3) is 7.03. The van der Waals surface area contributed by atoms with Crippen LogP contribution in [0.2, 0.25) is 0 Å². The van der Waals surface area contributed by atoms with Crippen molar-refractivity contribution in [1.29, 1.82) is 0 Å². The monoisotopic (exact) mass is 427 g/mol. The number of ether oxygens (including phenoxy) is 1. The molecule has 7 nitrogen and oxygen atoms in total. The van der Waals surface area contributed by atoms with Crippen molar-refractivity contribution >= 4 is 29.5 Å². The molecule has 0 radical (unpaired) electrons.